The minimum atomic E-state index is -0.586. The average Bonchev–Trinajstić information content (AvgIpc) is 2.48. The summed E-state index contributed by atoms with van der Waals surface area (Å²) in [5.41, 5.74) is 2.33. The number of ether oxygens (including phenoxy) is 1. The van der Waals surface area contributed by atoms with E-state index in [2.05, 4.69) is 37.3 Å². The molecule has 0 amide bonds. The summed E-state index contributed by atoms with van der Waals surface area (Å²) in [5.74, 6) is 0. The van der Waals surface area contributed by atoms with Gasteiger partial charge in [-0.2, -0.15) is 0 Å². The van der Waals surface area contributed by atoms with Crippen molar-refractivity contribution >= 4 is 12.2 Å². The SMILES string of the molecule is CCC=Cc1cccc(C=CCC2OCC(O)CC2O)c1. The molecule has 1 heterocycles. The van der Waals surface area contributed by atoms with E-state index >= 15 is 0 Å². The molecule has 1 saturated heterocycles. The van der Waals surface area contributed by atoms with E-state index in [0.717, 1.165) is 12.0 Å². The lowest BCUT2D eigenvalue weighted by molar-refractivity contribution is -0.121. The van der Waals surface area contributed by atoms with Gasteiger partial charge in [0.05, 0.1) is 24.9 Å². The van der Waals surface area contributed by atoms with Gasteiger partial charge in [0.15, 0.2) is 0 Å². The zero-order chi connectivity index (χ0) is 15.1. The van der Waals surface area contributed by atoms with Crippen LogP contribution >= 0.6 is 0 Å². The van der Waals surface area contributed by atoms with Crippen LogP contribution in [0.2, 0.25) is 0 Å². The van der Waals surface area contributed by atoms with Gasteiger partial charge in [-0.25, -0.2) is 0 Å². The highest BCUT2D eigenvalue weighted by Crippen LogP contribution is 2.18. The summed E-state index contributed by atoms with van der Waals surface area (Å²) < 4.78 is 5.45. The van der Waals surface area contributed by atoms with Crippen LogP contribution in [0.4, 0.5) is 0 Å². The number of aliphatic hydroxyl groups excluding tert-OH is 2. The molecule has 1 aliphatic heterocycles. The monoisotopic (exact) mass is 288 g/mol. The van der Waals surface area contributed by atoms with Crippen molar-refractivity contribution in [2.24, 2.45) is 0 Å². The molecule has 2 rings (SSSR count). The van der Waals surface area contributed by atoms with Gasteiger partial charge in [0.1, 0.15) is 0 Å². The third-order valence-electron chi connectivity index (χ3n) is 3.58. The molecule has 3 heteroatoms. The van der Waals surface area contributed by atoms with Gasteiger partial charge >= 0.3 is 0 Å². The van der Waals surface area contributed by atoms with Crippen molar-refractivity contribution in [3.8, 4) is 0 Å². The molecule has 114 valence electrons. The van der Waals surface area contributed by atoms with Crippen molar-refractivity contribution in [2.75, 3.05) is 6.61 Å². The second kappa shape index (κ2) is 8.13. The van der Waals surface area contributed by atoms with Crippen molar-refractivity contribution in [3.63, 3.8) is 0 Å². The van der Waals surface area contributed by atoms with Gasteiger partial charge in [-0.05, 0) is 30.0 Å². The number of allylic oxidation sites excluding steroid dienone is 1. The van der Waals surface area contributed by atoms with Crippen molar-refractivity contribution in [2.45, 2.75) is 44.5 Å². The van der Waals surface area contributed by atoms with E-state index in [-0.39, 0.29) is 6.10 Å². The zero-order valence-electron chi connectivity index (χ0n) is 12.5. The van der Waals surface area contributed by atoms with Crippen LogP contribution < -0.4 is 0 Å². The quantitative estimate of drug-likeness (QED) is 0.875. The summed E-state index contributed by atoms with van der Waals surface area (Å²) in [6, 6.07) is 8.31. The second-order valence-corrected chi connectivity index (χ2v) is 5.45. The molecular weight excluding hydrogens is 264 g/mol. The number of aliphatic hydroxyl groups is 2. The Morgan fingerprint density at radius 1 is 1.19 bits per heavy atom. The maximum Gasteiger partial charge on any atom is 0.0870 e. The van der Waals surface area contributed by atoms with E-state index < -0.39 is 12.2 Å². The smallest absolute Gasteiger partial charge is 0.0870 e. The van der Waals surface area contributed by atoms with Gasteiger partial charge < -0.3 is 14.9 Å². The molecule has 3 nitrogen and oxygen atoms in total. The highest BCUT2D eigenvalue weighted by Gasteiger charge is 2.27. The maximum atomic E-state index is 9.85. The van der Waals surface area contributed by atoms with E-state index in [0.29, 0.717) is 19.4 Å². The minimum Gasteiger partial charge on any atom is -0.391 e. The summed E-state index contributed by atoms with van der Waals surface area (Å²) in [6.45, 7) is 2.43. The molecule has 0 bridgehead atoms. The largest absolute Gasteiger partial charge is 0.391 e. The van der Waals surface area contributed by atoms with Gasteiger partial charge in [0, 0.05) is 6.42 Å². The van der Waals surface area contributed by atoms with Crippen LogP contribution in [0, 0.1) is 0 Å². The molecule has 1 fully saturated rings. The molecule has 1 aromatic carbocycles. The highest BCUT2D eigenvalue weighted by atomic mass is 16.5. The lowest BCUT2D eigenvalue weighted by Gasteiger charge is -2.30. The molecule has 0 saturated carbocycles. The molecule has 3 atom stereocenters. The van der Waals surface area contributed by atoms with Crippen molar-refractivity contribution < 1.29 is 14.9 Å². The van der Waals surface area contributed by atoms with Crippen LogP contribution in [0.1, 0.15) is 37.3 Å². The van der Waals surface area contributed by atoms with E-state index in [4.69, 9.17) is 4.74 Å². The average molecular weight is 288 g/mol. The van der Waals surface area contributed by atoms with Crippen molar-refractivity contribution in [1.82, 2.24) is 0 Å². The predicted molar refractivity (Wildman–Crippen MR) is 85.8 cm³/mol. The van der Waals surface area contributed by atoms with Crippen LogP contribution in [0.5, 0.6) is 0 Å². The van der Waals surface area contributed by atoms with Gasteiger partial charge in [-0.1, -0.05) is 49.4 Å². The highest BCUT2D eigenvalue weighted by molar-refractivity contribution is 5.57. The first-order chi connectivity index (χ1) is 10.2. The van der Waals surface area contributed by atoms with Crippen LogP contribution in [0.25, 0.3) is 12.2 Å². The Labute approximate surface area is 126 Å². The summed E-state index contributed by atoms with van der Waals surface area (Å²) in [4.78, 5) is 0. The number of hydrogen-bond acceptors (Lipinski definition) is 3. The lowest BCUT2D eigenvalue weighted by Crippen LogP contribution is -2.40. The normalized spacial score (nSPS) is 26.7. The number of hydrogen-bond donors (Lipinski definition) is 2. The fraction of sp³-hybridized carbons (Fsp3) is 0.444. The van der Waals surface area contributed by atoms with Crippen LogP contribution in [0.15, 0.2) is 36.4 Å². The van der Waals surface area contributed by atoms with Gasteiger partial charge in [0.2, 0.25) is 0 Å². The first kappa shape index (κ1) is 16.0. The van der Waals surface area contributed by atoms with Gasteiger partial charge in [-0.15, -0.1) is 0 Å². The first-order valence-corrected chi connectivity index (χ1v) is 7.60. The molecule has 21 heavy (non-hydrogen) atoms. The molecule has 3 unspecified atom stereocenters. The summed E-state index contributed by atoms with van der Waals surface area (Å²) in [7, 11) is 0. The molecule has 0 spiro atoms. The Morgan fingerprint density at radius 2 is 1.90 bits per heavy atom. The van der Waals surface area contributed by atoms with Crippen LogP contribution in [-0.4, -0.2) is 35.1 Å². The topological polar surface area (TPSA) is 49.7 Å². The minimum absolute atomic E-state index is 0.215. The fourth-order valence-corrected chi connectivity index (χ4v) is 2.43. The fourth-order valence-electron chi connectivity index (χ4n) is 2.43. The third-order valence-corrected chi connectivity index (χ3v) is 3.58. The molecular formula is C18H24O3. The van der Waals surface area contributed by atoms with Crippen LogP contribution in [-0.2, 0) is 4.74 Å². The number of rotatable bonds is 5. The van der Waals surface area contributed by atoms with Gasteiger partial charge in [0.25, 0.3) is 0 Å². The molecule has 0 radical (unpaired) electrons. The number of benzene rings is 1. The van der Waals surface area contributed by atoms with Crippen molar-refractivity contribution in [3.05, 3.63) is 47.5 Å². The summed E-state index contributed by atoms with van der Waals surface area (Å²) in [6.07, 6.45) is 9.07. The Hall–Kier alpha value is -1.42. The van der Waals surface area contributed by atoms with Crippen LogP contribution in [0.3, 0.4) is 0 Å². The molecule has 0 aliphatic carbocycles. The zero-order valence-corrected chi connectivity index (χ0v) is 12.5. The third kappa shape index (κ3) is 5.12. The Kier molecular flexibility index (Phi) is 6.18. The molecule has 1 aromatic rings. The Balaban J connectivity index is 1.90. The molecule has 1 aliphatic rings. The lowest BCUT2D eigenvalue weighted by atomic mass is 10.0. The summed E-state index contributed by atoms with van der Waals surface area (Å²) in [5, 5.41) is 19.2. The second-order valence-electron chi connectivity index (χ2n) is 5.45. The Bertz CT molecular complexity index is 493. The van der Waals surface area contributed by atoms with E-state index in [1.807, 2.05) is 18.2 Å². The Morgan fingerprint density at radius 3 is 2.57 bits per heavy atom. The maximum absolute atomic E-state index is 9.85. The van der Waals surface area contributed by atoms with Gasteiger partial charge in [-0.3, -0.25) is 0 Å². The standard InChI is InChI=1S/C18H24O3/c1-2-3-6-14-7-4-8-15(11-14)9-5-10-18-17(20)12-16(19)13-21-18/h3-9,11,16-20H,2,10,12-13H2,1H3. The van der Waals surface area contributed by atoms with Crippen molar-refractivity contribution in [1.29, 1.82) is 0 Å². The van der Waals surface area contributed by atoms with E-state index in [1.165, 1.54) is 5.56 Å². The molecule has 0 aromatic heterocycles. The first-order valence-electron chi connectivity index (χ1n) is 7.60. The summed E-state index contributed by atoms with van der Waals surface area (Å²) >= 11 is 0. The van der Waals surface area contributed by atoms with E-state index in [1.54, 1.807) is 0 Å². The molecule has 2 N–H and O–H groups in total. The van der Waals surface area contributed by atoms with E-state index in [9.17, 15) is 10.2 Å². The predicted octanol–water partition coefficient (Wildman–Crippen LogP) is 3.02.